The number of H-pyrrole nitrogens is 1. The van der Waals surface area contributed by atoms with E-state index in [9.17, 15) is 18.0 Å². The van der Waals surface area contributed by atoms with Crippen LogP contribution in [0.5, 0.6) is 0 Å². The van der Waals surface area contributed by atoms with E-state index in [1.54, 1.807) is 18.2 Å². The minimum absolute atomic E-state index is 0.0726. The highest BCUT2D eigenvalue weighted by Gasteiger charge is 2.27. The van der Waals surface area contributed by atoms with Gasteiger partial charge in [-0.3, -0.25) is 9.78 Å². The average Bonchev–Trinajstić information content (AvgIpc) is 2.97. The van der Waals surface area contributed by atoms with Crippen molar-refractivity contribution in [1.29, 1.82) is 0 Å². The number of sulfone groups is 1. The molecule has 0 saturated carbocycles. The van der Waals surface area contributed by atoms with Gasteiger partial charge in [0.2, 0.25) is 5.91 Å². The minimum atomic E-state index is -2.90. The third-order valence-electron chi connectivity index (χ3n) is 3.81. The van der Waals surface area contributed by atoms with Crippen LogP contribution in [-0.2, 0) is 14.6 Å². The van der Waals surface area contributed by atoms with E-state index in [4.69, 9.17) is 4.42 Å². The molecule has 7 nitrogen and oxygen atoms in total. The predicted molar refractivity (Wildman–Crippen MR) is 81.5 cm³/mol. The van der Waals surface area contributed by atoms with Crippen LogP contribution in [0.3, 0.4) is 0 Å². The van der Waals surface area contributed by atoms with Crippen LogP contribution in [0, 0.1) is 5.92 Å². The Bertz CT molecular complexity index is 865. The SMILES string of the molecule is O=C(CCC1CCS(=O)(=O)C1)Nc1ccc2oc(=O)[nH]c2c1. The number of carbonyl (C=O) groups is 1. The predicted octanol–water partition coefficient (Wildman–Crippen LogP) is 1.27. The maximum absolute atomic E-state index is 11.9. The number of anilines is 1. The van der Waals surface area contributed by atoms with Crippen LogP contribution < -0.4 is 11.1 Å². The van der Waals surface area contributed by atoms with Gasteiger partial charge in [0.25, 0.3) is 0 Å². The molecule has 0 radical (unpaired) electrons. The number of aromatic nitrogens is 1. The molecule has 0 aliphatic carbocycles. The van der Waals surface area contributed by atoms with E-state index < -0.39 is 15.6 Å². The smallest absolute Gasteiger partial charge is 0.408 e. The third kappa shape index (κ3) is 3.38. The lowest BCUT2D eigenvalue weighted by molar-refractivity contribution is -0.116. The lowest BCUT2D eigenvalue weighted by Crippen LogP contribution is -2.14. The number of nitrogens with one attached hydrogen (secondary N) is 2. The molecule has 118 valence electrons. The molecule has 0 bridgehead atoms. The molecule has 2 aromatic rings. The standard InChI is InChI=1S/C14H16N2O5S/c17-13(4-1-9-5-6-22(19,20)8-9)15-10-2-3-12-11(7-10)16-14(18)21-12/h2-3,7,9H,1,4-6,8H2,(H,15,17)(H,16,18). The number of benzene rings is 1. The van der Waals surface area contributed by atoms with Crippen LogP contribution >= 0.6 is 0 Å². The fraction of sp³-hybridized carbons (Fsp3) is 0.429. The molecule has 1 atom stereocenters. The molecule has 1 amide bonds. The number of fused-ring (bicyclic) bond motifs is 1. The fourth-order valence-corrected chi connectivity index (χ4v) is 4.60. The van der Waals surface area contributed by atoms with Gasteiger partial charge in [-0.2, -0.15) is 0 Å². The number of rotatable bonds is 4. The fourth-order valence-electron chi connectivity index (χ4n) is 2.69. The molecule has 1 aliphatic rings. The van der Waals surface area contributed by atoms with Crippen LogP contribution in [0.25, 0.3) is 11.1 Å². The number of hydrogen-bond donors (Lipinski definition) is 2. The van der Waals surface area contributed by atoms with E-state index in [1.807, 2.05) is 0 Å². The van der Waals surface area contributed by atoms with Gasteiger partial charge in [0.15, 0.2) is 15.4 Å². The van der Waals surface area contributed by atoms with E-state index in [0.717, 1.165) is 0 Å². The zero-order valence-corrected chi connectivity index (χ0v) is 12.6. The normalized spacial score (nSPS) is 20.3. The number of aromatic amines is 1. The van der Waals surface area contributed by atoms with Gasteiger partial charge in [0.05, 0.1) is 17.0 Å². The molecule has 3 rings (SSSR count). The first kappa shape index (κ1) is 14.8. The van der Waals surface area contributed by atoms with Gasteiger partial charge in [-0.05, 0) is 37.0 Å². The van der Waals surface area contributed by atoms with Crippen molar-refractivity contribution in [3.63, 3.8) is 0 Å². The Balaban J connectivity index is 1.57. The maximum atomic E-state index is 11.9. The summed E-state index contributed by atoms with van der Waals surface area (Å²) >= 11 is 0. The first-order valence-corrected chi connectivity index (χ1v) is 8.86. The first-order valence-electron chi connectivity index (χ1n) is 7.04. The van der Waals surface area contributed by atoms with Crippen LogP contribution in [0.15, 0.2) is 27.4 Å². The number of hydrogen-bond acceptors (Lipinski definition) is 5. The van der Waals surface area contributed by atoms with Crippen molar-refractivity contribution in [1.82, 2.24) is 4.98 Å². The number of carbonyl (C=O) groups excluding carboxylic acids is 1. The second-order valence-electron chi connectivity index (χ2n) is 5.58. The monoisotopic (exact) mass is 324 g/mol. The Morgan fingerprint density at radius 3 is 2.95 bits per heavy atom. The van der Waals surface area contributed by atoms with Crippen molar-refractivity contribution >= 4 is 32.5 Å². The zero-order valence-electron chi connectivity index (χ0n) is 11.8. The van der Waals surface area contributed by atoms with Gasteiger partial charge >= 0.3 is 5.76 Å². The van der Waals surface area contributed by atoms with Crippen molar-refractivity contribution in [2.45, 2.75) is 19.3 Å². The summed E-state index contributed by atoms with van der Waals surface area (Å²) in [4.78, 5) is 25.5. The van der Waals surface area contributed by atoms with Crippen molar-refractivity contribution in [3.8, 4) is 0 Å². The highest BCUT2D eigenvalue weighted by Crippen LogP contribution is 2.23. The average molecular weight is 324 g/mol. The summed E-state index contributed by atoms with van der Waals surface area (Å²) in [5.74, 6) is -0.231. The summed E-state index contributed by atoms with van der Waals surface area (Å²) in [6, 6.07) is 4.88. The van der Waals surface area contributed by atoms with E-state index >= 15 is 0 Å². The van der Waals surface area contributed by atoms with Gasteiger partial charge in [-0.25, -0.2) is 13.2 Å². The van der Waals surface area contributed by atoms with E-state index in [1.165, 1.54) is 0 Å². The van der Waals surface area contributed by atoms with Gasteiger partial charge in [0.1, 0.15) is 0 Å². The third-order valence-corrected chi connectivity index (χ3v) is 5.65. The summed E-state index contributed by atoms with van der Waals surface area (Å²) in [6.45, 7) is 0. The highest BCUT2D eigenvalue weighted by atomic mass is 32.2. The van der Waals surface area contributed by atoms with Gasteiger partial charge in [-0.15, -0.1) is 0 Å². The quantitative estimate of drug-likeness (QED) is 0.880. The van der Waals surface area contributed by atoms with Crippen molar-refractivity contribution in [2.75, 3.05) is 16.8 Å². The van der Waals surface area contributed by atoms with Gasteiger partial charge in [-0.1, -0.05) is 0 Å². The summed E-state index contributed by atoms with van der Waals surface area (Å²) in [5.41, 5.74) is 1.51. The molecule has 1 aromatic carbocycles. The van der Waals surface area contributed by atoms with Crippen LogP contribution in [0.1, 0.15) is 19.3 Å². The molecule has 1 aromatic heterocycles. The molecule has 0 spiro atoms. The van der Waals surface area contributed by atoms with Gasteiger partial charge in [0, 0.05) is 12.1 Å². The molecule has 2 heterocycles. The number of oxazole rings is 1. The molecule has 1 unspecified atom stereocenters. The van der Waals surface area contributed by atoms with Crippen LogP contribution in [0.4, 0.5) is 5.69 Å². The number of amides is 1. The molecule has 1 saturated heterocycles. The first-order chi connectivity index (χ1) is 10.4. The molecule has 22 heavy (non-hydrogen) atoms. The Morgan fingerprint density at radius 1 is 1.41 bits per heavy atom. The van der Waals surface area contributed by atoms with E-state index in [-0.39, 0.29) is 29.8 Å². The molecule has 1 aliphatic heterocycles. The lowest BCUT2D eigenvalue weighted by atomic mass is 10.0. The Hall–Kier alpha value is -2.09. The zero-order chi connectivity index (χ0) is 15.7. The van der Waals surface area contributed by atoms with Crippen molar-refractivity contribution < 1.29 is 17.6 Å². The summed E-state index contributed by atoms with van der Waals surface area (Å²) in [5, 5.41) is 2.74. The van der Waals surface area contributed by atoms with E-state index in [2.05, 4.69) is 10.3 Å². The van der Waals surface area contributed by atoms with Crippen molar-refractivity contribution in [2.24, 2.45) is 5.92 Å². The van der Waals surface area contributed by atoms with Gasteiger partial charge < -0.3 is 9.73 Å². The summed E-state index contributed by atoms with van der Waals surface area (Å²) in [7, 11) is -2.90. The topological polar surface area (TPSA) is 109 Å². The molecular formula is C14H16N2O5S. The molecular weight excluding hydrogens is 308 g/mol. The van der Waals surface area contributed by atoms with Crippen molar-refractivity contribution in [3.05, 3.63) is 28.7 Å². The minimum Gasteiger partial charge on any atom is -0.408 e. The Kier molecular flexibility index (Phi) is 3.78. The Labute approximate surface area is 126 Å². The lowest BCUT2D eigenvalue weighted by Gasteiger charge is -2.08. The maximum Gasteiger partial charge on any atom is 0.417 e. The van der Waals surface area contributed by atoms with E-state index in [0.29, 0.717) is 29.6 Å². The highest BCUT2D eigenvalue weighted by molar-refractivity contribution is 7.91. The second kappa shape index (κ2) is 5.60. The van der Waals surface area contributed by atoms with Crippen LogP contribution in [0.2, 0.25) is 0 Å². The second-order valence-corrected chi connectivity index (χ2v) is 7.81. The molecule has 8 heteroatoms. The molecule has 1 fully saturated rings. The van der Waals surface area contributed by atoms with Crippen LogP contribution in [-0.4, -0.2) is 30.8 Å². The largest absolute Gasteiger partial charge is 0.417 e. The summed E-state index contributed by atoms with van der Waals surface area (Å²) < 4.78 is 27.6. The molecule has 2 N–H and O–H groups in total. The Morgan fingerprint density at radius 2 is 2.23 bits per heavy atom. The summed E-state index contributed by atoms with van der Waals surface area (Å²) in [6.07, 6.45) is 1.48.